The van der Waals surface area contributed by atoms with Crippen LogP contribution in [0.15, 0.2) is 18.2 Å². The SMILES string of the molecule is CNCC1Cc2cccc(C)c2C1. The lowest BCUT2D eigenvalue weighted by Gasteiger charge is -2.06. The Balaban J connectivity index is 2.20. The van der Waals surface area contributed by atoms with Gasteiger partial charge in [0.15, 0.2) is 0 Å². The molecule has 0 bridgehead atoms. The molecule has 13 heavy (non-hydrogen) atoms. The third-order valence-electron chi connectivity index (χ3n) is 3.00. The fourth-order valence-corrected chi connectivity index (χ4v) is 2.35. The smallest absolute Gasteiger partial charge is 0.00172 e. The largest absolute Gasteiger partial charge is 0.319 e. The summed E-state index contributed by atoms with van der Waals surface area (Å²) in [5, 5.41) is 3.26. The van der Waals surface area contributed by atoms with Crippen LogP contribution in [0.5, 0.6) is 0 Å². The number of fused-ring (bicyclic) bond motifs is 1. The first-order valence-electron chi connectivity index (χ1n) is 5.03. The molecule has 0 aromatic heterocycles. The van der Waals surface area contributed by atoms with Crippen molar-refractivity contribution in [3.05, 3.63) is 34.9 Å². The molecule has 0 fully saturated rings. The lowest BCUT2D eigenvalue weighted by atomic mass is 10.0. The van der Waals surface area contributed by atoms with Gasteiger partial charge in [-0.3, -0.25) is 0 Å². The van der Waals surface area contributed by atoms with Crippen molar-refractivity contribution in [2.24, 2.45) is 5.92 Å². The van der Waals surface area contributed by atoms with Gasteiger partial charge in [-0.25, -0.2) is 0 Å². The van der Waals surface area contributed by atoms with Gasteiger partial charge in [0.25, 0.3) is 0 Å². The summed E-state index contributed by atoms with van der Waals surface area (Å²) in [6.45, 7) is 3.37. The first kappa shape index (κ1) is 8.76. The van der Waals surface area contributed by atoms with Gasteiger partial charge in [0.1, 0.15) is 0 Å². The summed E-state index contributed by atoms with van der Waals surface area (Å²) in [4.78, 5) is 0. The highest BCUT2D eigenvalue weighted by atomic mass is 14.8. The van der Waals surface area contributed by atoms with Crippen molar-refractivity contribution in [3.8, 4) is 0 Å². The molecule has 1 aliphatic carbocycles. The minimum Gasteiger partial charge on any atom is -0.319 e. The molecule has 1 N–H and O–H groups in total. The van der Waals surface area contributed by atoms with Gasteiger partial charge in [-0.1, -0.05) is 18.2 Å². The van der Waals surface area contributed by atoms with E-state index in [0.29, 0.717) is 0 Å². The third-order valence-corrected chi connectivity index (χ3v) is 3.00. The molecule has 1 aliphatic rings. The van der Waals surface area contributed by atoms with E-state index in [2.05, 4.69) is 30.4 Å². The Morgan fingerprint density at radius 1 is 1.38 bits per heavy atom. The Labute approximate surface area is 80.2 Å². The molecular weight excluding hydrogens is 158 g/mol. The minimum absolute atomic E-state index is 0.820. The fourth-order valence-electron chi connectivity index (χ4n) is 2.35. The van der Waals surface area contributed by atoms with E-state index in [9.17, 15) is 0 Å². The molecule has 1 unspecified atom stereocenters. The highest BCUT2D eigenvalue weighted by Crippen LogP contribution is 2.28. The average Bonchev–Trinajstić information content (AvgIpc) is 2.49. The van der Waals surface area contributed by atoms with Gasteiger partial charge in [0.05, 0.1) is 0 Å². The van der Waals surface area contributed by atoms with Crippen LogP contribution in [-0.4, -0.2) is 13.6 Å². The van der Waals surface area contributed by atoms with Gasteiger partial charge in [0, 0.05) is 0 Å². The second-order valence-electron chi connectivity index (χ2n) is 4.04. The van der Waals surface area contributed by atoms with Crippen LogP contribution in [0.1, 0.15) is 16.7 Å². The van der Waals surface area contributed by atoms with Gasteiger partial charge in [-0.15, -0.1) is 0 Å². The van der Waals surface area contributed by atoms with Crippen molar-refractivity contribution in [2.45, 2.75) is 19.8 Å². The van der Waals surface area contributed by atoms with Gasteiger partial charge in [-0.2, -0.15) is 0 Å². The molecule has 1 aromatic carbocycles. The Bertz CT molecular complexity index is 304. The second kappa shape index (κ2) is 3.51. The normalized spacial score (nSPS) is 20.3. The predicted molar refractivity (Wildman–Crippen MR) is 56.0 cm³/mol. The third kappa shape index (κ3) is 1.61. The molecule has 1 atom stereocenters. The molecule has 0 aliphatic heterocycles. The van der Waals surface area contributed by atoms with E-state index in [0.717, 1.165) is 12.5 Å². The number of benzene rings is 1. The first-order chi connectivity index (χ1) is 6.31. The van der Waals surface area contributed by atoms with Crippen LogP contribution in [0, 0.1) is 12.8 Å². The fraction of sp³-hybridized carbons (Fsp3) is 0.500. The van der Waals surface area contributed by atoms with Crippen LogP contribution in [-0.2, 0) is 12.8 Å². The Morgan fingerprint density at radius 3 is 2.92 bits per heavy atom. The molecule has 0 spiro atoms. The molecule has 0 saturated carbocycles. The molecule has 0 radical (unpaired) electrons. The van der Waals surface area contributed by atoms with Crippen molar-refractivity contribution in [2.75, 3.05) is 13.6 Å². The number of hydrogen-bond donors (Lipinski definition) is 1. The molecule has 70 valence electrons. The number of aryl methyl sites for hydroxylation is 1. The highest BCUT2D eigenvalue weighted by Gasteiger charge is 2.21. The van der Waals surface area contributed by atoms with Gasteiger partial charge in [-0.05, 0) is 56.0 Å². The molecular formula is C12H17N. The monoisotopic (exact) mass is 175 g/mol. The molecule has 1 aromatic rings. The zero-order valence-electron chi connectivity index (χ0n) is 8.43. The predicted octanol–water partition coefficient (Wildman–Crippen LogP) is 1.93. The van der Waals surface area contributed by atoms with Crippen LogP contribution in [0.2, 0.25) is 0 Å². The van der Waals surface area contributed by atoms with Crippen LogP contribution in [0.4, 0.5) is 0 Å². The molecule has 0 amide bonds. The Hall–Kier alpha value is -0.820. The van der Waals surface area contributed by atoms with Gasteiger partial charge in [0.2, 0.25) is 0 Å². The molecule has 0 heterocycles. The van der Waals surface area contributed by atoms with Crippen LogP contribution in [0.25, 0.3) is 0 Å². The van der Waals surface area contributed by atoms with Crippen molar-refractivity contribution < 1.29 is 0 Å². The van der Waals surface area contributed by atoms with E-state index in [1.807, 2.05) is 7.05 Å². The number of hydrogen-bond acceptors (Lipinski definition) is 1. The Kier molecular flexibility index (Phi) is 2.36. The van der Waals surface area contributed by atoms with Gasteiger partial charge >= 0.3 is 0 Å². The topological polar surface area (TPSA) is 12.0 Å². The van der Waals surface area contributed by atoms with E-state index in [-0.39, 0.29) is 0 Å². The number of rotatable bonds is 2. The van der Waals surface area contributed by atoms with Crippen molar-refractivity contribution in [1.29, 1.82) is 0 Å². The highest BCUT2D eigenvalue weighted by molar-refractivity contribution is 5.38. The summed E-state index contributed by atoms with van der Waals surface area (Å²) >= 11 is 0. The number of nitrogens with one attached hydrogen (secondary N) is 1. The van der Waals surface area contributed by atoms with E-state index >= 15 is 0 Å². The molecule has 1 nitrogen and oxygen atoms in total. The maximum atomic E-state index is 3.26. The standard InChI is InChI=1S/C12H17N/c1-9-4-3-5-11-6-10(8-13-2)7-12(9)11/h3-5,10,13H,6-8H2,1-2H3. The zero-order chi connectivity index (χ0) is 9.26. The van der Waals surface area contributed by atoms with E-state index in [4.69, 9.17) is 0 Å². The maximum absolute atomic E-state index is 3.26. The van der Waals surface area contributed by atoms with Crippen LogP contribution in [0.3, 0.4) is 0 Å². The molecule has 2 rings (SSSR count). The quantitative estimate of drug-likeness (QED) is 0.724. The Morgan fingerprint density at radius 2 is 2.23 bits per heavy atom. The molecule has 1 heteroatoms. The summed E-state index contributed by atoms with van der Waals surface area (Å²) < 4.78 is 0. The second-order valence-corrected chi connectivity index (χ2v) is 4.04. The summed E-state index contributed by atoms with van der Waals surface area (Å²) in [7, 11) is 2.04. The zero-order valence-corrected chi connectivity index (χ0v) is 8.43. The molecule has 0 saturated heterocycles. The first-order valence-corrected chi connectivity index (χ1v) is 5.03. The van der Waals surface area contributed by atoms with Crippen molar-refractivity contribution in [1.82, 2.24) is 5.32 Å². The maximum Gasteiger partial charge on any atom is -0.00172 e. The van der Waals surface area contributed by atoms with E-state index in [1.54, 1.807) is 11.1 Å². The van der Waals surface area contributed by atoms with Gasteiger partial charge < -0.3 is 5.32 Å². The van der Waals surface area contributed by atoms with E-state index < -0.39 is 0 Å². The summed E-state index contributed by atoms with van der Waals surface area (Å²) in [5.41, 5.74) is 4.64. The summed E-state index contributed by atoms with van der Waals surface area (Å²) in [5.74, 6) is 0.820. The summed E-state index contributed by atoms with van der Waals surface area (Å²) in [6.07, 6.45) is 2.53. The lowest BCUT2D eigenvalue weighted by molar-refractivity contribution is 0.526. The van der Waals surface area contributed by atoms with Crippen molar-refractivity contribution in [3.63, 3.8) is 0 Å². The lowest BCUT2D eigenvalue weighted by Crippen LogP contribution is -2.18. The van der Waals surface area contributed by atoms with Crippen molar-refractivity contribution >= 4 is 0 Å². The van der Waals surface area contributed by atoms with E-state index in [1.165, 1.54) is 18.4 Å². The summed E-state index contributed by atoms with van der Waals surface area (Å²) in [6, 6.07) is 6.68. The van der Waals surface area contributed by atoms with Crippen LogP contribution < -0.4 is 5.32 Å². The minimum atomic E-state index is 0.820. The van der Waals surface area contributed by atoms with Crippen LogP contribution >= 0.6 is 0 Å². The average molecular weight is 175 g/mol.